The fraction of sp³-hybridized carbons (Fsp3) is 0.517. The van der Waals surface area contributed by atoms with Crippen molar-refractivity contribution in [1.29, 1.82) is 0 Å². The molecule has 2 aliphatic heterocycles. The van der Waals surface area contributed by atoms with Crippen LogP contribution in [-0.4, -0.2) is 73.6 Å². The molecule has 2 heterocycles. The number of rotatable bonds is 8. The number of alkyl halides is 3. The molecule has 12 heteroatoms. The minimum Gasteiger partial charge on any atom is -0.370 e. The molecule has 224 valence electrons. The first-order valence-electron chi connectivity index (χ1n) is 13.7. The van der Waals surface area contributed by atoms with Crippen LogP contribution in [0.2, 0.25) is 10.0 Å². The molecule has 2 saturated heterocycles. The average Bonchev–Trinajstić information content (AvgIpc) is 2.92. The Hall–Kier alpha value is -2.53. The maximum Gasteiger partial charge on any atom is 0.416 e. The Labute approximate surface area is 248 Å². The largest absolute Gasteiger partial charge is 0.416 e. The Kier molecular flexibility index (Phi) is 10.1. The fourth-order valence-corrected chi connectivity index (χ4v) is 5.90. The third-order valence-electron chi connectivity index (χ3n) is 7.52. The lowest BCUT2D eigenvalue weighted by Gasteiger charge is -2.41. The van der Waals surface area contributed by atoms with Crippen LogP contribution in [-0.2, 0) is 26.9 Å². The molecule has 0 aromatic heterocycles. The van der Waals surface area contributed by atoms with E-state index >= 15 is 0 Å². The fourth-order valence-electron chi connectivity index (χ4n) is 5.42. The minimum atomic E-state index is -4.48. The van der Waals surface area contributed by atoms with Crippen molar-refractivity contribution in [2.75, 3.05) is 50.8 Å². The van der Waals surface area contributed by atoms with Gasteiger partial charge in [0.25, 0.3) is 0 Å². The molecule has 2 aliphatic rings. The number of halogens is 5. The monoisotopic (exact) mass is 614 g/mol. The molecule has 2 fully saturated rings. The number of hydrogen-bond acceptors (Lipinski definition) is 5. The highest BCUT2D eigenvalue weighted by Gasteiger charge is 2.37. The van der Waals surface area contributed by atoms with Crippen LogP contribution in [0.3, 0.4) is 0 Å². The lowest BCUT2D eigenvalue weighted by molar-refractivity contribution is -0.154. The second kappa shape index (κ2) is 13.2. The summed E-state index contributed by atoms with van der Waals surface area (Å²) < 4.78 is 45.8. The van der Waals surface area contributed by atoms with Crippen LogP contribution in [0.5, 0.6) is 0 Å². The van der Waals surface area contributed by atoms with Crippen molar-refractivity contribution >= 4 is 40.7 Å². The zero-order chi connectivity index (χ0) is 29.9. The van der Waals surface area contributed by atoms with E-state index in [1.165, 1.54) is 6.07 Å². The molecule has 0 radical (unpaired) electrons. The summed E-state index contributed by atoms with van der Waals surface area (Å²) in [7, 11) is 0. The number of ether oxygens (including phenoxy) is 1. The summed E-state index contributed by atoms with van der Waals surface area (Å²) in [5.74, 6) is -0.280. The van der Waals surface area contributed by atoms with Gasteiger partial charge in [-0.1, -0.05) is 43.1 Å². The highest BCUT2D eigenvalue weighted by Crippen LogP contribution is 2.37. The second-order valence-corrected chi connectivity index (χ2v) is 11.8. The summed E-state index contributed by atoms with van der Waals surface area (Å²) in [6.45, 7) is 5.94. The highest BCUT2D eigenvalue weighted by molar-refractivity contribution is 6.35. The Balaban J connectivity index is 1.54. The van der Waals surface area contributed by atoms with Gasteiger partial charge in [0.2, 0.25) is 11.8 Å². The molecule has 7 nitrogen and oxygen atoms in total. The number of carbonyl (C=O) groups is 2. The van der Waals surface area contributed by atoms with Gasteiger partial charge in [-0.15, -0.1) is 0 Å². The van der Waals surface area contributed by atoms with E-state index in [4.69, 9.17) is 33.7 Å². The average molecular weight is 616 g/mol. The van der Waals surface area contributed by atoms with Gasteiger partial charge in [0, 0.05) is 60.9 Å². The molecule has 2 aromatic rings. The quantitative estimate of drug-likeness (QED) is 0.443. The molecule has 2 unspecified atom stereocenters. The highest BCUT2D eigenvalue weighted by atomic mass is 35.5. The lowest BCUT2D eigenvalue weighted by Crippen LogP contribution is -2.58. The van der Waals surface area contributed by atoms with Crippen molar-refractivity contribution in [2.45, 2.75) is 44.9 Å². The number of piperazine rings is 1. The summed E-state index contributed by atoms with van der Waals surface area (Å²) in [6.07, 6.45) is -3.72. The van der Waals surface area contributed by atoms with Crippen molar-refractivity contribution in [3.63, 3.8) is 0 Å². The van der Waals surface area contributed by atoms with Crippen molar-refractivity contribution in [1.82, 2.24) is 9.80 Å². The number of nitrogens with two attached hydrogens (primary N) is 1. The summed E-state index contributed by atoms with van der Waals surface area (Å²) in [5, 5.41) is 0.879. The molecule has 0 saturated carbocycles. The van der Waals surface area contributed by atoms with Gasteiger partial charge in [-0.05, 0) is 53.8 Å². The van der Waals surface area contributed by atoms with E-state index < -0.39 is 23.8 Å². The van der Waals surface area contributed by atoms with Crippen LogP contribution in [0.1, 0.15) is 43.0 Å². The van der Waals surface area contributed by atoms with Crippen LogP contribution < -0.4 is 10.6 Å². The summed E-state index contributed by atoms with van der Waals surface area (Å²) in [4.78, 5) is 31.8. The smallest absolute Gasteiger partial charge is 0.370 e. The predicted molar refractivity (Wildman–Crippen MR) is 153 cm³/mol. The zero-order valence-corrected chi connectivity index (χ0v) is 24.6. The molecule has 0 bridgehead atoms. The number of morpholine rings is 1. The number of carbonyl (C=O) groups excluding carboxylic acids is 2. The van der Waals surface area contributed by atoms with E-state index in [1.807, 2.05) is 18.7 Å². The van der Waals surface area contributed by atoms with Gasteiger partial charge in [0.1, 0.15) is 12.6 Å². The van der Waals surface area contributed by atoms with Crippen molar-refractivity contribution < 1.29 is 27.5 Å². The number of anilines is 1. The minimum absolute atomic E-state index is 0.0980. The van der Waals surface area contributed by atoms with E-state index in [2.05, 4.69) is 0 Å². The SMILES string of the molecule is CC(C)CC(N)c1cc(C(F)(F)F)ccc1N1CCN(C(=O)C(Cc2ccc(Cl)cc2Cl)N2CCOCC2=O)CC1. The topological polar surface area (TPSA) is 79.1 Å². The normalized spacial score (nSPS) is 18.2. The molecule has 2 amide bonds. The van der Waals surface area contributed by atoms with Crippen LogP contribution in [0.15, 0.2) is 36.4 Å². The van der Waals surface area contributed by atoms with Crippen molar-refractivity contribution in [3.05, 3.63) is 63.1 Å². The maximum atomic E-state index is 13.9. The lowest BCUT2D eigenvalue weighted by atomic mass is 9.94. The third kappa shape index (κ3) is 7.66. The number of nitrogens with zero attached hydrogens (tertiary/aromatic N) is 3. The Bertz CT molecular complexity index is 1250. The van der Waals surface area contributed by atoms with Crippen LogP contribution in [0.25, 0.3) is 0 Å². The van der Waals surface area contributed by atoms with Gasteiger partial charge in [-0.3, -0.25) is 9.59 Å². The van der Waals surface area contributed by atoms with Crippen molar-refractivity contribution in [3.8, 4) is 0 Å². The van der Waals surface area contributed by atoms with Crippen LogP contribution in [0.4, 0.5) is 18.9 Å². The zero-order valence-electron chi connectivity index (χ0n) is 23.1. The molecular weight excluding hydrogens is 580 g/mol. The summed E-state index contributed by atoms with van der Waals surface area (Å²) in [5.41, 5.74) is 7.45. The van der Waals surface area contributed by atoms with E-state index in [0.29, 0.717) is 66.1 Å². The summed E-state index contributed by atoms with van der Waals surface area (Å²) in [6, 6.07) is 7.41. The van der Waals surface area contributed by atoms with Crippen LogP contribution in [0, 0.1) is 5.92 Å². The first kappa shape index (κ1) is 31.4. The molecule has 0 spiro atoms. The maximum absolute atomic E-state index is 13.9. The third-order valence-corrected chi connectivity index (χ3v) is 8.11. The number of amides is 2. The van der Waals surface area contributed by atoms with Gasteiger partial charge in [0.15, 0.2) is 0 Å². The van der Waals surface area contributed by atoms with E-state index in [0.717, 1.165) is 12.1 Å². The van der Waals surface area contributed by atoms with E-state index in [-0.39, 0.29) is 37.3 Å². The molecule has 41 heavy (non-hydrogen) atoms. The molecule has 0 aliphatic carbocycles. The second-order valence-electron chi connectivity index (χ2n) is 10.9. The predicted octanol–water partition coefficient (Wildman–Crippen LogP) is 5.18. The molecule has 2 aromatic carbocycles. The van der Waals surface area contributed by atoms with Crippen molar-refractivity contribution in [2.24, 2.45) is 11.7 Å². The first-order chi connectivity index (χ1) is 19.3. The first-order valence-corrected chi connectivity index (χ1v) is 14.4. The van der Waals surface area contributed by atoms with E-state index in [9.17, 15) is 22.8 Å². The van der Waals surface area contributed by atoms with Gasteiger partial charge < -0.3 is 25.2 Å². The van der Waals surface area contributed by atoms with Gasteiger partial charge in [-0.2, -0.15) is 13.2 Å². The number of benzene rings is 2. The van der Waals surface area contributed by atoms with Gasteiger partial charge in [-0.25, -0.2) is 0 Å². The standard InChI is InChI=1S/C29H35Cl2F3N4O3/c1-18(2)13-24(35)22-15-20(29(32,33)34)4-6-25(22)36-7-9-37(10-8-36)28(40)26(38-11-12-41-17-27(38)39)14-19-3-5-21(30)16-23(19)31/h3-6,15-16,18,24,26H,7-14,17,35H2,1-2H3. The Morgan fingerprint density at radius 2 is 1.76 bits per heavy atom. The molecule has 4 rings (SSSR count). The number of hydrogen-bond donors (Lipinski definition) is 1. The molecular formula is C29H35Cl2F3N4O3. The van der Waals surface area contributed by atoms with Gasteiger partial charge in [0.05, 0.1) is 12.2 Å². The van der Waals surface area contributed by atoms with Gasteiger partial charge >= 0.3 is 6.18 Å². The van der Waals surface area contributed by atoms with E-state index in [1.54, 1.807) is 28.0 Å². The molecule has 2 atom stereocenters. The Morgan fingerprint density at radius 1 is 1.05 bits per heavy atom. The summed E-state index contributed by atoms with van der Waals surface area (Å²) >= 11 is 12.5. The molecule has 2 N–H and O–H groups in total. The van der Waals surface area contributed by atoms with Crippen LogP contribution >= 0.6 is 23.2 Å². The Morgan fingerprint density at radius 3 is 2.37 bits per heavy atom.